The van der Waals surface area contributed by atoms with E-state index in [1.165, 1.54) is 180 Å². The summed E-state index contributed by atoms with van der Waals surface area (Å²) in [6.07, 6.45) is 47.2. The summed E-state index contributed by atoms with van der Waals surface area (Å²) in [5.74, 6) is 10.7. The van der Waals surface area contributed by atoms with Gasteiger partial charge in [0.1, 0.15) is 47.2 Å². The van der Waals surface area contributed by atoms with Gasteiger partial charge in [-0.1, -0.05) is 278 Å². The van der Waals surface area contributed by atoms with Crippen molar-refractivity contribution in [3.8, 4) is 57.9 Å². The second-order valence-corrected chi connectivity index (χ2v) is 40.9. The predicted molar refractivity (Wildman–Crippen MR) is 363 cm³/mol. The van der Waals surface area contributed by atoms with Crippen molar-refractivity contribution in [3.05, 3.63) is 42.5 Å². The van der Waals surface area contributed by atoms with E-state index in [0.717, 1.165) is 93.4 Å². The molecule has 0 amide bonds. The van der Waals surface area contributed by atoms with Crippen LogP contribution < -0.4 is 18.9 Å². The van der Waals surface area contributed by atoms with Crippen LogP contribution >= 0.6 is 45.2 Å². The molecule has 0 spiro atoms. The van der Waals surface area contributed by atoms with Gasteiger partial charge in [0.05, 0.1) is 44.7 Å². The first-order valence-corrected chi connectivity index (χ1v) is 43.7. The molecule has 2 aromatic carbocycles. The molecule has 0 aliphatic heterocycles. The Morgan fingerprint density at radius 3 is 0.750 bits per heavy atom. The van der Waals surface area contributed by atoms with Crippen LogP contribution in [0.4, 0.5) is 0 Å². The van der Waals surface area contributed by atoms with Gasteiger partial charge in [-0.3, -0.25) is 0 Å². The van der Waals surface area contributed by atoms with E-state index in [1.807, 2.05) is 0 Å². The average molecular weight is 1320 g/mol. The summed E-state index contributed by atoms with van der Waals surface area (Å²) < 4.78 is 27.1. The first-order chi connectivity index (χ1) is 36.3. The highest BCUT2D eigenvalue weighted by Crippen LogP contribution is 2.32. The van der Waals surface area contributed by atoms with E-state index in [9.17, 15) is 0 Å². The number of hydrogen-bond donors (Lipinski definition) is 0. The second-order valence-electron chi connectivity index (χ2n) is 24.2. The Balaban J connectivity index is 0.00000138. The number of benzene rings is 2. The molecule has 0 aliphatic rings. The zero-order chi connectivity index (χ0) is 56.8. The van der Waals surface area contributed by atoms with Gasteiger partial charge >= 0.3 is 0 Å². The number of halogens is 2. The first kappa shape index (κ1) is 74.4. The smallest absolute Gasteiger partial charge is 0.136 e. The Morgan fingerprint density at radius 2 is 0.539 bits per heavy atom. The van der Waals surface area contributed by atoms with E-state index in [1.54, 1.807) is 0 Å². The minimum Gasteiger partial charge on any atom is -0.492 e. The lowest BCUT2D eigenvalue weighted by atomic mass is 10.1. The largest absolute Gasteiger partial charge is 0.492 e. The molecule has 0 fully saturated rings. The molecule has 4 nitrogen and oxygen atoms in total. The lowest BCUT2D eigenvalue weighted by molar-refractivity contribution is 0.293. The van der Waals surface area contributed by atoms with Crippen LogP contribution in [0.3, 0.4) is 0 Å². The van der Waals surface area contributed by atoms with E-state index in [4.69, 9.17) is 25.4 Å². The summed E-state index contributed by atoms with van der Waals surface area (Å²) in [7, 11) is -4.16. The molecular weight excluding hydrogens is 1210 g/mol. The number of hydrogen-bond acceptors (Lipinski definition) is 4. The maximum atomic E-state index is 6.37. The van der Waals surface area contributed by atoms with E-state index in [2.05, 4.69) is 185 Å². The fourth-order valence-corrected chi connectivity index (χ4v) is 10.1. The Labute approximate surface area is 503 Å². The topological polar surface area (TPSA) is 36.9 Å². The van der Waals surface area contributed by atoms with Crippen LogP contribution in [0.15, 0.2) is 24.3 Å². The van der Waals surface area contributed by atoms with Crippen molar-refractivity contribution >= 4 is 69.4 Å². The van der Waals surface area contributed by atoms with Crippen molar-refractivity contribution in [2.75, 3.05) is 26.4 Å². The third kappa shape index (κ3) is 46.2. The van der Waals surface area contributed by atoms with E-state index in [-0.39, 0.29) is 0 Å². The molecule has 2 rings (SSSR count). The van der Waals surface area contributed by atoms with Gasteiger partial charge in [0.15, 0.2) is 0 Å². The van der Waals surface area contributed by atoms with Crippen LogP contribution in [0.25, 0.3) is 0 Å². The van der Waals surface area contributed by atoms with Crippen molar-refractivity contribution < 1.29 is 18.9 Å². The van der Waals surface area contributed by atoms with Gasteiger partial charge in [-0.2, -0.15) is 0 Å². The monoisotopic (exact) mass is 1320 g/mol. The third-order valence-electron chi connectivity index (χ3n) is 12.7. The molecule has 434 valence electrons. The van der Waals surface area contributed by atoms with E-state index in [0.29, 0.717) is 0 Å². The predicted octanol–water partition coefficient (Wildman–Crippen LogP) is 22.6. The summed E-state index contributed by atoms with van der Waals surface area (Å²) in [6.45, 7) is 32.4. The van der Waals surface area contributed by atoms with Gasteiger partial charge in [0.2, 0.25) is 0 Å². The SMILES string of the molecule is C#C[Si](C)(C)C.CCCCCCCCCCOc1cc(C#C[Si](C)(C)C)c(OCCCCCCCCCC)cc1C#C[Si](C)(C)C.CCCCCCCCCCOc1cc(I)c(OCCCCCCCCCC)cc1I. The molecule has 76 heavy (non-hydrogen) atoms. The summed E-state index contributed by atoms with van der Waals surface area (Å²) in [6, 6.07) is 8.48. The highest BCUT2D eigenvalue weighted by Gasteiger charge is 2.15. The number of terminal acetylenes is 1. The Bertz CT molecular complexity index is 1780. The second kappa shape index (κ2) is 48.2. The van der Waals surface area contributed by atoms with Gasteiger partial charge in [0, 0.05) is 12.1 Å². The lowest BCUT2D eigenvalue weighted by Crippen LogP contribution is -2.16. The summed E-state index contributed by atoms with van der Waals surface area (Å²) >= 11 is 4.74. The standard InChI is InChI=1S/C36H62O2Si2.C26H44I2O2.C5H10Si/c1-9-11-13-15-17-19-21-23-27-37-35-31-34(26-30-40(6,7)8)36(32-33(35)25-29-39(3,4)5)38-28-24-22-20-18-16-14-12-10-2;1-3-5-7-9-11-13-15-17-19-29-25-21-24(28)26(22-23(25)27)30-20-18-16-14-12-10-8-6-4-2;1-5-6(2,3)4/h31-32H,9-24,27-28H2,1-8H3;21-22H,3-20H2,1-2H3;1H,2-4H3. The van der Waals surface area contributed by atoms with Crippen LogP contribution in [0.2, 0.25) is 58.9 Å². The maximum Gasteiger partial charge on any atom is 0.136 e. The minimum absolute atomic E-state index is 0.732. The van der Waals surface area contributed by atoms with Gasteiger partial charge in [-0.15, -0.1) is 23.1 Å². The molecule has 0 saturated carbocycles. The number of unbranched alkanes of at least 4 members (excludes halogenated alkanes) is 28. The van der Waals surface area contributed by atoms with Crippen molar-refractivity contribution in [1.82, 2.24) is 0 Å². The van der Waals surface area contributed by atoms with Crippen LogP contribution in [-0.2, 0) is 0 Å². The van der Waals surface area contributed by atoms with Gasteiger partial charge in [-0.05, 0) is 83.0 Å². The highest BCUT2D eigenvalue weighted by molar-refractivity contribution is 14.1. The van der Waals surface area contributed by atoms with Crippen LogP contribution in [-0.4, -0.2) is 50.6 Å². The Morgan fingerprint density at radius 1 is 0.329 bits per heavy atom. The molecule has 0 bridgehead atoms. The summed E-state index contributed by atoms with van der Waals surface area (Å²) in [5.41, 5.74) is 11.7. The first-order valence-electron chi connectivity index (χ1n) is 31.0. The molecule has 2 aromatic rings. The quantitative estimate of drug-likeness (QED) is 0.0288. The summed E-state index contributed by atoms with van der Waals surface area (Å²) in [4.78, 5) is 0. The normalized spacial score (nSPS) is 11.2. The molecule has 9 heteroatoms. The zero-order valence-corrected chi connectivity index (χ0v) is 59.0. The zero-order valence-electron chi connectivity index (χ0n) is 51.7. The third-order valence-corrected chi connectivity index (χ3v) is 17.0. The van der Waals surface area contributed by atoms with Crippen LogP contribution in [0.1, 0.15) is 244 Å². The number of ether oxygens (including phenoxy) is 4. The van der Waals surface area contributed by atoms with Gasteiger partial charge in [-0.25, -0.2) is 0 Å². The maximum absolute atomic E-state index is 6.37. The lowest BCUT2D eigenvalue weighted by Gasteiger charge is -2.15. The van der Waals surface area contributed by atoms with Crippen LogP contribution in [0, 0.1) is 42.0 Å². The molecule has 0 aromatic heterocycles. The molecule has 0 aliphatic carbocycles. The summed E-state index contributed by atoms with van der Waals surface area (Å²) in [5, 5.41) is 0. The van der Waals surface area contributed by atoms with Crippen molar-refractivity contribution in [1.29, 1.82) is 0 Å². The van der Waals surface area contributed by atoms with E-state index >= 15 is 0 Å². The van der Waals surface area contributed by atoms with Gasteiger partial charge in [0.25, 0.3) is 0 Å². The Hall–Kier alpha value is -1.57. The molecule has 0 atom stereocenters. The molecule has 0 radical (unpaired) electrons. The average Bonchev–Trinajstić information content (AvgIpc) is 3.36. The Kier molecular flexibility index (Phi) is 47.2. The van der Waals surface area contributed by atoms with E-state index < -0.39 is 24.2 Å². The van der Waals surface area contributed by atoms with Crippen LogP contribution in [0.5, 0.6) is 23.0 Å². The van der Waals surface area contributed by atoms with Crippen molar-refractivity contribution in [2.24, 2.45) is 0 Å². The molecule has 0 heterocycles. The molecule has 0 saturated heterocycles. The molecule has 0 N–H and O–H groups in total. The van der Waals surface area contributed by atoms with Crippen molar-refractivity contribution in [2.45, 2.75) is 292 Å². The highest BCUT2D eigenvalue weighted by atomic mass is 127. The minimum atomic E-state index is -1.53. The fraction of sp³-hybridized carbons (Fsp3) is 0.731. The fourth-order valence-electron chi connectivity index (χ4n) is 7.91. The molecule has 0 unspecified atom stereocenters. The molecular formula is C67H116I2O4Si3. The van der Waals surface area contributed by atoms with Crippen molar-refractivity contribution in [3.63, 3.8) is 0 Å². The van der Waals surface area contributed by atoms with Gasteiger partial charge < -0.3 is 18.9 Å². The number of rotatable bonds is 40.